The summed E-state index contributed by atoms with van der Waals surface area (Å²) in [4.78, 5) is 0. The predicted octanol–water partition coefficient (Wildman–Crippen LogP) is 4.41. The van der Waals surface area contributed by atoms with Gasteiger partial charge in [-0.15, -0.1) is 33.4 Å². The monoisotopic (exact) mass is 546 g/mol. The molecule has 0 fully saturated rings. The van der Waals surface area contributed by atoms with Crippen LogP contribution in [-0.4, -0.2) is 8.94 Å². The predicted molar refractivity (Wildman–Crippen MR) is 73.5 cm³/mol. The maximum atomic E-state index is 11.7. The van der Waals surface area contributed by atoms with Gasteiger partial charge in [0.2, 0.25) is 0 Å². The molecule has 0 radical (unpaired) electrons. The molecule has 84 valence electrons. The topological polar surface area (TPSA) is 0 Å². The summed E-state index contributed by atoms with van der Waals surface area (Å²) in [6.07, 6.45) is 9.45. The normalized spacial score (nSPS) is 10.6. The summed E-state index contributed by atoms with van der Waals surface area (Å²) in [5, 5.41) is 0. The van der Waals surface area contributed by atoms with E-state index in [-0.39, 0.29) is 59.3 Å². The minimum Gasteiger partial charge on any atom is -0.358 e. The molecule has 0 saturated heterocycles. The van der Waals surface area contributed by atoms with E-state index in [1.807, 2.05) is 6.08 Å². The summed E-state index contributed by atoms with van der Waals surface area (Å²) in [7, 11) is 0. The molecular weight excluding hydrogens is 528 g/mol. The number of alkyl halides is 1. The summed E-state index contributed by atoms with van der Waals surface area (Å²) in [5.74, 6) is 0. The third-order valence-corrected chi connectivity index (χ3v) is 3.05. The third kappa shape index (κ3) is 14.8. The van der Waals surface area contributed by atoms with Gasteiger partial charge in [-0.1, -0.05) is 23.8 Å². The summed E-state index contributed by atoms with van der Waals surface area (Å²) in [5.41, 5.74) is 1.20. The van der Waals surface area contributed by atoms with Crippen molar-refractivity contribution in [3.05, 3.63) is 44.1 Å². The van der Waals surface area contributed by atoms with E-state index in [0.29, 0.717) is 6.33 Å². The molecule has 0 amide bonds. The van der Waals surface area contributed by atoms with Crippen molar-refractivity contribution in [2.75, 3.05) is 4.43 Å². The Labute approximate surface area is 127 Å². The van der Waals surface area contributed by atoms with Gasteiger partial charge in [0, 0.05) is 0 Å². The van der Waals surface area contributed by atoms with E-state index >= 15 is 0 Å². The SMILES string of the molecule is C=CC/C(=C/[C-]=CF)CCCI=C.[CH3-].[U+2]. The van der Waals surface area contributed by atoms with Crippen molar-refractivity contribution in [2.24, 2.45) is 0 Å². The Bertz CT molecular complexity index is 210. The number of halogens is 2. The molecule has 0 aromatic heterocycles. The van der Waals surface area contributed by atoms with Crippen LogP contribution < -0.4 is 0 Å². The van der Waals surface area contributed by atoms with Crippen molar-refractivity contribution in [3.63, 3.8) is 0 Å². The number of hydrogen-bond donors (Lipinski definition) is 0. The fraction of sp³-hybridized carbons (Fsp3) is 0.333. The van der Waals surface area contributed by atoms with Gasteiger partial charge in [-0.25, -0.2) is 22.1 Å². The zero-order valence-electron chi connectivity index (χ0n) is 9.23. The van der Waals surface area contributed by atoms with E-state index in [4.69, 9.17) is 0 Å². The molecule has 0 nitrogen and oxygen atoms in total. The molecule has 0 heterocycles. The van der Waals surface area contributed by atoms with E-state index < -0.39 is 0 Å². The molecular formula is C12H18FIU. The molecule has 0 atom stereocenters. The van der Waals surface area contributed by atoms with E-state index in [2.05, 4.69) is 17.2 Å². The molecule has 0 aromatic carbocycles. The van der Waals surface area contributed by atoms with Gasteiger partial charge in [0.1, 0.15) is 0 Å². The first-order valence-corrected chi connectivity index (χ1v) is 7.19. The Morgan fingerprint density at radius 3 is 2.60 bits per heavy atom. The summed E-state index contributed by atoms with van der Waals surface area (Å²) >= 11 is 0.147. The Morgan fingerprint density at radius 1 is 1.47 bits per heavy atom. The Morgan fingerprint density at radius 2 is 2.13 bits per heavy atom. The molecule has 0 aliphatic heterocycles. The summed E-state index contributed by atoms with van der Waals surface area (Å²) in [6, 6.07) is 0. The van der Waals surface area contributed by atoms with E-state index in [1.165, 1.54) is 10.0 Å². The number of allylic oxidation sites excluding steroid dienone is 4. The minimum absolute atomic E-state index is 0. The first-order chi connectivity index (χ1) is 6.35. The number of hydrogen-bond acceptors (Lipinski definition) is 0. The van der Waals surface area contributed by atoms with Crippen LogP contribution in [0.3, 0.4) is 0 Å². The van der Waals surface area contributed by atoms with Gasteiger partial charge in [0.25, 0.3) is 0 Å². The van der Waals surface area contributed by atoms with Crippen LogP contribution in [0.2, 0.25) is 0 Å². The zero-order valence-corrected chi connectivity index (χ0v) is 15.6. The van der Waals surface area contributed by atoms with Gasteiger partial charge in [-0.2, -0.15) is 0 Å². The molecule has 0 aliphatic rings. The Balaban J connectivity index is -0.000000720. The van der Waals surface area contributed by atoms with Crippen LogP contribution in [-0.2, 0) is 0 Å². The third-order valence-electron chi connectivity index (χ3n) is 1.52. The second kappa shape index (κ2) is 17.2. The zero-order chi connectivity index (χ0) is 9.94. The van der Waals surface area contributed by atoms with Crippen molar-refractivity contribution >= 4 is 25.2 Å². The van der Waals surface area contributed by atoms with E-state index in [0.717, 1.165) is 19.3 Å². The van der Waals surface area contributed by atoms with Crippen LogP contribution in [0.1, 0.15) is 19.3 Å². The molecule has 0 bridgehead atoms. The fourth-order valence-electron chi connectivity index (χ4n) is 0.956. The molecule has 0 N–H and O–H groups in total. The van der Waals surface area contributed by atoms with Crippen LogP contribution in [0.15, 0.2) is 30.6 Å². The van der Waals surface area contributed by atoms with Crippen LogP contribution in [0.25, 0.3) is 0 Å². The van der Waals surface area contributed by atoms with Crippen LogP contribution in [0.4, 0.5) is 4.39 Å². The standard InChI is InChI=1S/C11H15FI.CH3.U/c1-3-6-11(7-4-9-12)8-5-10-13-2;;/h3,7,9H,1-2,5-6,8,10H2;1H3;/q2*-1;+2/b11-7-;;. The average Bonchev–Trinajstić information content (AvgIpc) is 2.14. The van der Waals surface area contributed by atoms with Crippen molar-refractivity contribution < 1.29 is 35.5 Å². The summed E-state index contributed by atoms with van der Waals surface area (Å²) < 4.78 is 16.8. The molecule has 0 aromatic rings. The quantitative estimate of drug-likeness (QED) is 0.111. The van der Waals surface area contributed by atoms with Gasteiger partial charge in [0.15, 0.2) is 0 Å². The van der Waals surface area contributed by atoms with Gasteiger partial charge >= 0.3 is 31.1 Å². The molecule has 0 saturated carbocycles. The molecule has 0 unspecified atom stereocenters. The van der Waals surface area contributed by atoms with Crippen molar-refractivity contribution in [2.45, 2.75) is 19.3 Å². The largest absolute Gasteiger partial charge is 2.00 e. The fourth-order valence-corrected chi connectivity index (χ4v) is 1.88. The molecule has 0 aliphatic carbocycles. The van der Waals surface area contributed by atoms with Crippen molar-refractivity contribution in [1.29, 1.82) is 0 Å². The average molecular weight is 546 g/mol. The van der Waals surface area contributed by atoms with Crippen LogP contribution in [0, 0.1) is 44.6 Å². The molecule has 3 heteroatoms. The van der Waals surface area contributed by atoms with Gasteiger partial charge < -0.3 is 7.43 Å². The van der Waals surface area contributed by atoms with E-state index in [1.54, 1.807) is 6.08 Å². The molecule has 15 heavy (non-hydrogen) atoms. The van der Waals surface area contributed by atoms with Crippen LogP contribution in [0.5, 0.6) is 0 Å². The first kappa shape index (κ1) is 21.1. The summed E-state index contributed by atoms with van der Waals surface area (Å²) in [6.45, 7) is 3.66. The number of rotatable bonds is 7. The van der Waals surface area contributed by atoms with E-state index in [9.17, 15) is 4.39 Å². The molecule has 0 spiro atoms. The Hall–Kier alpha value is 0.802. The maximum Gasteiger partial charge on any atom is 2.00 e. The maximum absolute atomic E-state index is 11.7. The second-order valence-corrected chi connectivity index (χ2v) is 4.71. The van der Waals surface area contributed by atoms with Gasteiger partial charge in [0.05, 0.1) is 0 Å². The van der Waals surface area contributed by atoms with Crippen molar-refractivity contribution in [1.82, 2.24) is 0 Å². The Kier molecular flexibility index (Phi) is 24.2. The van der Waals surface area contributed by atoms with Crippen LogP contribution >= 0.6 is 20.7 Å². The van der Waals surface area contributed by atoms with Gasteiger partial charge in [-0.05, 0) is 10.8 Å². The van der Waals surface area contributed by atoms with Gasteiger partial charge in [-0.3, -0.25) is 0 Å². The second-order valence-electron chi connectivity index (χ2n) is 2.55. The molecule has 0 rings (SSSR count). The smallest absolute Gasteiger partial charge is 0.358 e. The van der Waals surface area contributed by atoms with Crippen molar-refractivity contribution in [3.8, 4) is 0 Å². The first-order valence-electron chi connectivity index (χ1n) is 4.14. The minimum atomic E-state index is 0.